The van der Waals surface area contributed by atoms with Crippen molar-refractivity contribution in [2.45, 2.75) is 6.54 Å². The van der Waals surface area contributed by atoms with Crippen LogP contribution in [-0.2, 0) is 6.54 Å². The topological polar surface area (TPSA) is 24.9 Å². The smallest absolute Gasteiger partial charge is 0.141 e. The summed E-state index contributed by atoms with van der Waals surface area (Å²) in [5.41, 5.74) is 1.88. The Bertz CT molecular complexity index is 488. The van der Waals surface area contributed by atoms with Gasteiger partial charge in [0.2, 0.25) is 0 Å². The first kappa shape index (κ1) is 11.3. The van der Waals surface area contributed by atoms with E-state index in [1.165, 1.54) is 12.3 Å². The molecule has 0 aliphatic rings. The zero-order valence-electron chi connectivity index (χ0n) is 8.45. The van der Waals surface area contributed by atoms with E-state index in [0.717, 1.165) is 14.8 Å². The molecular weight excluding hydrogens is 318 g/mol. The lowest BCUT2D eigenvalue weighted by Crippen LogP contribution is -2.01. The molecule has 1 heterocycles. The Hall–Kier alpha value is -1.17. The van der Waals surface area contributed by atoms with Crippen LogP contribution in [0, 0.1) is 9.39 Å². The monoisotopic (exact) mass is 328 g/mol. The van der Waals surface area contributed by atoms with Crippen LogP contribution in [0.1, 0.15) is 5.56 Å². The van der Waals surface area contributed by atoms with Crippen LogP contribution in [0.15, 0.2) is 42.7 Å². The quantitative estimate of drug-likeness (QED) is 0.873. The maximum Gasteiger partial charge on any atom is 0.141 e. The fourth-order valence-corrected chi connectivity index (χ4v) is 1.93. The van der Waals surface area contributed by atoms with Crippen molar-refractivity contribution in [2.75, 3.05) is 5.32 Å². The highest BCUT2D eigenvalue weighted by molar-refractivity contribution is 14.1. The zero-order chi connectivity index (χ0) is 11.4. The molecule has 1 aromatic carbocycles. The highest BCUT2D eigenvalue weighted by Gasteiger charge is 1.99. The highest BCUT2D eigenvalue weighted by atomic mass is 127. The number of hydrogen-bond donors (Lipinski definition) is 1. The van der Waals surface area contributed by atoms with Gasteiger partial charge in [0.25, 0.3) is 0 Å². The Balaban J connectivity index is 2.05. The maximum atomic E-state index is 12.9. The third kappa shape index (κ3) is 2.91. The number of nitrogens with zero attached hydrogens (tertiary/aromatic N) is 1. The maximum absolute atomic E-state index is 12.9. The van der Waals surface area contributed by atoms with E-state index in [2.05, 4.69) is 32.9 Å². The van der Waals surface area contributed by atoms with E-state index in [0.29, 0.717) is 6.54 Å². The lowest BCUT2D eigenvalue weighted by Gasteiger charge is -2.07. The minimum absolute atomic E-state index is 0.304. The molecule has 0 radical (unpaired) electrons. The summed E-state index contributed by atoms with van der Waals surface area (Å²) in [6.45, 7) is 0.574. The molecule has 0 fully saturated rings. The number of nitrogens with one attached hydrogen (secondary N) is 1. The first-order chi connectivity index (χ1) is 7.75. The number of halogens is 2. The molecule has 0 saturated carbocycles. The van der Waals surface area contributed by atoms with Crippen molar-refractivity contribution in [3.05, 3.63) is 57.7 Å². The van der Waals surface area contributed by atoms with Crippen LogP contribution in [0.4, 0.5) is 10.1 Å². The van der Waals surface area contributed by atoms with Crippen LogP contribution in [0.2, 0.25) is 0 Å². The normalized spacial score (nSPS) is 10.1. The van der Waals surface area contributed by atoms with Crippen LogP contribution < -0.4 is 5.32 Å². The number of para-hydroxylation sites is 1. The summed E-state index contributed by atoms with van der Waals surface area (Å²) in [7, 11) is 0. The standard InChI is InChI=1S/C12H10FIN2/c13-10-5-9(6-15-8-10)7-16-12-4-2-1-3-11(12)14/h1-6,8,16H,7H2. The van der Waals surface area contributed by atoms with Crippen molar-refractivity contribution >= 4 is 28.3 Å². The summed E-state index contributed by atoms with van der Waals surface area (Å²) in [5, 5.41) is 3.24. The molecule has 1 N–H and O–H groups in total. The number of aromatic nitrogens is 1. The zero-order valence-corrected chi connectivity index (χ0v) is 10.6. The second kappa shape index (κ2) is 5.25. The van der Waals surface area contributed by atoms with Gasteiger partial charge in [-0.05, 0) is 46.4 Å². The Morgan fingerprint density at radius 1 is 1.25 bits per heavy atom. The molecule has 0 saturated heterocycles. The lowest BCUT2D eigenvalue weighted by atomic mass is 10.2. The first-order valence-corrected chi connectivity index (χ1v) is 5.91. The van der Waals surface area contributed by atoms with Gasteiger partial charge in [-0.3, -0.25) is 4.98 Å². The van der Waals surface area contributed by atoms with Crippen LogP contribution in [0.25, 0.3) is 0 Å². The van der Waals surface area contributed by atoms with E-state index in [1.54, 1.807) is 6.20 Å². The predicted octanol–water partition coefficient (Wildman–Crippen LogP) is 3.44. The first-order valence-electron chi connectivity index (χ1n) is 4.83. The fourth-order valence-electron chi connectivity index (χ4n) is 1.35. The Morgan fingerprint density at radius 2 is 2.06 bits per heavy atom. The number of pyridine rings is 1. The molecule has 0 amide bonds. The van der Waals surface area contributed by atoms with Crippen LogP contribution in [0.3, 0.4) is 0 Å². The molecule has 0 bridgehead atoms. The molecule has 1 aromatic heterocycles. The minimum Gasteiger partial charge on any atom is -0.380 e. The molecule has 0 atom stereocenters. The van der Waals surface area contributed by atoms with Gasteiger partial charge in [0, 0.05) is 22.0 Å². The number of anilines is 1. The van der Waals surface area contributed by atoms with Gasteiger partial charge in [0.15, 0.2) is 0 Å². The third-order valence-corrected chi connectivity index (χ3v) is 3.06. The number of rotatable bonds is 3. The van der Waals surface area contributed by atoms with Crippen molar-refractivity contribution in [3.8, 4) is 0 Å². The van der Waals surface area contributed by atoms with Crippen molar-refractivity contribution in [2.24, 2.45) is 0 Å². The lowest BCUT2D eigenvalue weighted by molar-refractivity contribution is 0.619. The summed E-state index contributed by atoms with van der Waals surface area (Å²) >= 11 is 2.26. The average Bonchev–Trinajstić information content (AvgIpc) is 2.28. The van der Waals surface area contributed by atoms with E-state index in [1.807, 2.05) is 24.3 Å². The summed E-state index contributed by atoms with van der Waals surface area (Å²) < 4.78 is 14.0. The van der Waals surface area contributed by atoms with Gasteiger partial charge in [-0.1, -0.05) is 12.1 Å². The van der Waals surface area contributed by atoms with Crippen molar-refractivity contribution in [3.63, 3.8) is 0 Å². The summed E-state index contributed by atoms with van der Waals surface area (Å²) in [4.78, 5) is 3.80. The molecule has 4 heteroatoms. The SMILES string of the molecule is Fc1cncc(CNc2ccccc2I)c1. The van der Waals surface area contributed by atoms with Crippen LogP contribution in [-0.4, -0.2) is 4.98 Å². The van der Waals surface area contributed by atoms with Crippen molar-refractivity contribution in [1.82, 2.24) is 4.98 Å². The molecule has 2 nitrogen and oxygen atoms in total. The average molecular weight is 328 g/mol. The predicted molar refractivity (Wildman–Crippen MR) is 70.7 cm³/mol. The summed E-state index contributed by atoms with van der Waals surface area (Å²) in [6, 6.07) is 9.45. The van der Waals surface area contributed by atoms with E-state index in [-0.39, 0.29) is 5.82 Å². The van der Waals surface area contributed by atoms with Gasteiger partial charge in [-0.25, -0.2) is 4.39 Å². The molecule has 82 valence electrons. The van der Waals surface area contributed by atoms with Gasteiger partial charge in [0.05, 0.1) is 6.20 Å². The van der Waals surface area contributed by atoms with Gasteiger partial charge in [-0.15, -0.1) is 0 Å². The Morgan fingerprint density at radius 3 is 2.81 bits per heavy atom. The second-order valence-electron chi connectivity index (χ2n) is 3.34. The highest BCUT2D eigenvalue weighted by Crippen LogP contribution is 2.17. The molecule has 0 spiro atoms. The van der Waals surface area contributed by atoms with E-state index in [9.17, 15) is 4.39 Å². The third-order valence-electron chi connectivity index (χ3n) is 2.12. The number of benzene rings is 1. The van der Waals surface area contributed by atoms with E-state index in [4.69, 9.17) is 0 Å². The molecule has 2 aromatic rings. The van der Waals surface area contributed by atoms with Crippen LogP contribution >= 0.6 is 22.6 Å². The van der Waals surface area contributed by atoms with Crippen molar-refractivity contribution < 1.29 is 4.39 Å². The fraction of sp³-hybridized carbons (Fsp3) is 0.0833. The molecule has 0 unspecified atom stereocenters. The molecule has 16 heavy (non-hydrogen) atoms. The summed E-state index contributed by atoms with van der Waals surface area (Å²) in [6.07, 6.45) is 2.86. The largest absolute Gasteiger partial charge is 0.380 e. The van der Waals surface area contributed by atoms with Crippen molar-refractivity contribution in [1.29, 1.82) is 0 Å². The Labute approximate surface area is 107 Å². The van der Waals surface area contributed by atoms with E-state index < -0.39 is 0 Å². The van der Waals surface area contributed by atoms with Gasteiger partial charge in [0.1, 0.15) is 5.82 Å². The second-order valence-corrected chi connectivity index (χ2v) is 4.51. The number of hydrogen-bond acceptors (Lipinski definition) is 2. The molecule has 0 aliphatic carbocycles. The van der Waals surface area contributed by atoms with Crippen LogP contribution in [0.5, 0.6) is 0 Å². The molecular formula is C12H10FIN2. The molecule has 2 rings (SSSR count). The molecule has 0 aliphatic heterocycles. The summed E-state index contributed by atoms with van der Waals surface area (Å²) in [5.74, 6) is -0.304. The minimum atomic E-state index is -0.304. The van der Waals surface area contributed by atoms with Gasteiger partial charge < -0.3 is 5.32 Å². The van der Waals surface area contributed by atoms with Gasteiger partial charge in [-0.2, -0.15) is 0 Å². The Kier molecular flexibility index (Phi) is 3.71. The van der Waals surface area contributed by atoms with E-state index >= 15 is 0 Å². The van der Waals surface area contributed by atoms with Gasteiger partial charge >= 0.3 is 0 Å².